The highest BCUT2D eigenvalue weighted by Crippen LogP contribution is 2.48. The predicted molar refractivity (Wildman–Crippen MR) is 92.3 cm³/mol. The fourth-order valence-corrected chi connectivity index (χ4v) is 4.38. The second kappa shape index (κ2) is 6.12. The van der Waals surface area contributed by atoms with Gasteiger partial charge in [-0.2, -0.15) is 0 Å². The van der Waals surface area contributed by atoms with Gasteiger partial charge in [0, 0.05) is 0 Å². The van der Waals surface area contributed by atoms with Crippen molar-refractivity contribution in [3.05, 3.63) is 77.9 Å². The van der Waals surface area contributed by atoms with Crippen LogP contribution in [0.25, 0.3) is 5.57 Å². The Labute approximate surface area is 133 Å². The first-order chi connectivity index (χ1) is 10.9. The third-order valence-corrected chi connectivity index (χ3v) is 5.47. The Balaban J connectivity index is 1.72. The summed E-state index contributed by atoms with van der Waals surface area (Å²) in [7, 11) is 0. The highest BCUT2D eigenvalue weighted by Gasteiger charge is 2.36. The summed E-state index contributed by atoms with van der Waals surface area (Å²) >= 11 is 0. The third-order valence-electron chi connectivity index (χ3n) is 5.47. The van der Waals surface area contributed by atoms with Crippen LogP contribution in [0.3, 0.4) is 0 Å². The Morgan fingerprint density at radius 3 is 2.23 bits per heavy atom. The second-order valence-corrected chi connectivity index (χ2v) is 6.77. The molecule has 0 spiro atoms. The molecule has 2 aromatic carbocycles. The minimum absolute atomic E-state index is 0.655. The van der Waals surface area contributed by atoms with Gasteiger partial charge in [0.1, 0.15) is 0 Å². The maximum Gasteiger partial charge on any atom is -0.00870 e. The van der Waals surface area contributed by atoms with E-state index >= 15 is 0 Å². The smallest absolute Gasteiger partial charge is 0.00870 e. The van der Waals surface area contributed by atoms with Crippen LogP contribution in [0, 0.1) is 17.9 Å². The molecule has 0 aromatic heterocycles. The van der Waals surface area contributed by atoms with Crippen LogP contribution in [0.2, 0.25) is 0 Å². The van der Waals surface area contributed by atoms with E-state index in [1.54, 1.807) is 0 Å². The number of rotatable bonds is 2. The van der Waals surface area contributed by atoms with Crippen LogP contribution in [0.15, 0.2) is 60.7 Å². The van der Waals surface area contributed by atoms with Gasteiger partial charge in [-0.15, -0.1) is 0 Å². The zero-order valence-corrected chi connectivity index (χ0v) is 13.0. The molecule has 0 heterocycles. The maximum atomic E-state index is 3.89. The fourth-order valence-electron chi connectivity index (χ4n) is 4.38. The summed E-state index contributed by atoms with van der Waals surface area (Å²) in [5.74, 6) is 2.12. The van der Waals surface area contributed by atoms with Gasteiger partial charge in [0.2, 0.25) is 0 Å². The van der Waals surface area contributed by atoms with E-state index in [1.807, 2.05) is 0 Å². The molecule has 1 radical (unpaired) electrons. The molecular weight excluding hydrogens is 264 g/mol. The lowest BCUT2D eigenvalue weighted by Crippen LogP contribution is -2.28. The molecule has 0 bridgehead atoms. The van der Waals surface area contributed by atoms with Crippen molar-refractivity contribution in [1.29, 1.82) is 0 Å². The van der Waals surface area contributed by atoms with Crippen molar-refractivity contribution in [2.24, 2.45) is 11.8 Å². The largest absolute Gasteiger partial charge is 0.0622 e. The Hall–Kier alpha value is -1.82. The van der Waals surface area contributed by atoms with E-state index in [2.05, 4.69) is 66.7 Å². The standard InChI is InChI=1S/C22H23/c1-3-9-17(10-4-1)20-15-19-13-7-8-14-21(19)22(16-20)18-11-5-2-6-12-18/h1-6,9-12,19,21-22H,7-8,13-14,16H2. The summed E-state index contributed by atoms with van der Waals surface area (Å²) in [5, 5.41) is 0. The molecule has 1 fully saturated rings. The quantitative estimate of drug-likeness (QED) is 0.648. The first kappa shape index (κ1) is 13.8. The minimum Gasteiger partial charge on any atom is -0.0622 e. The second-order valence-electron chi connectivity index (χ2n) is 6.77. The van der Waals surface area contributed by atoms with Crippen LogP contribution in [-0.2, 0) is 0 Å². The molecule has 22 heavy (non-hydrogen) atoms. The Morgan fingerprint density at radius 1 is 0.773 bits per heavy atom. The monoisotopic (exact) mass is 287 g/mol. The van der Waals surface area contributed by atoms with E-state index in [0.717, 1.165) is 12.3 Å². The van der Waals surface area contributed by atoms with E-state index in [-0.39, 0.29) is 0 Å². The summed E-state index contributed by atoms with van der Waals surface area (Å²) in [6.45, 7) is 0. The zero-order valence-electron chi connectivity index (χ0n) is 13.0. The number of benzene rings is 2. The Bertz CT molecular complexity index is 638. The average molecular weight is 287 g/mol. The number of allylic oxidation sites excluding steroid dienone is 2. The predicted octanol–water partition coefficient (Wildman–Crippen LogP) is 5.87. The van der Waals surface area contributed by atoms with Gasteiger partial charge in [-0.1, -0.05) is 73.5 Å². The third kappa shape index (κ3) is 2.63. The first-order valence-corrected chi connectivity index (χ1v) is 8.64. The van der Waals surface area contributed by atoms with Crippen molar-refractivity contribution in [3.63, 3.8) is 0 Å². The summed E-state index contributed by atoms with van der Waals surface area (Å²) in [6.07, 6.45) is 10.5. The molecule has 0 saturated heterocycles. The van der Waals surface area contributed by atoms with Crippen molar-refractivity contribution in [2.75, 3.05) is 0 Å². The average Bonchev–Trinajstić information content (AvgIpc) is 2.62. The van der Waals surface area contributed by atoms with Crippen LogP contribution in [0.1, 0.15) is 49.1 Å². The van der Waals surface area contributed by atoms with E-state index in [0.29, 0.717) is 11.8 Å². The van der Waals surface area contributed by atoms with Gasteiger partial charge < -0.3 is 0 Å². The minimum atomic E-state index is 0.655. The lowest BCUT2D eigenvalue weighted by atomic mass is 9.64. The molecule has 0 nitrogen and oxygen atoms in total. The summed E-state index contributed by atoms with van der Waals surface area (Å²) in [5.41, 5.74) is 4.33. The molecule has 0 aliphatic heterocycles. The van der Waals surface area contributed by atoms with Crippen molar-refractivity contribution in [2.45, 2.75) is 38.0 Å². The van der Waals surface area contributed by atoms with E-state index in [1.165, 1.54) is 42.4 Å². The topological polar surface area (TPSA) is 0 Å². The van der Waals surface area contributed by atoms with Crippen molar-refractivity contribution >= 4 is 5.57 Å². The molecule has 0 amide bonds. The molecule has 111 valence electrons. The highest BCUT2D eigenvalue weighted by molar-refractivity contribution is 5.66. The molecule has 2 aliphatic carbocycles. The van der Waals surface area contributed by atoms with Crippen LogP contribution < -0.4 is 0 Å². The van der Waals surface area contributed by atoms with Crippen LogP contribution in [0.4, 0.5) is 0 Å². The van der Waals surface area contributed by atoms with Crippen molar-refractivity contribution in [1.82, 2.24) is 0 Å². The lowest BCUT2D eigenvalue weighted by Gasteiger charge is -2.40. The van der Waals surface area contributed by atoms with Crippen LogP contribution in [-0.4, -0.2) is 0 Å². The molecule has 0 N–H and O–H groups in total. The van der Waals surface area contributed by atoms with Gasteiger partial charge >= 0.3 is 0 Å². The molecule has 3 atom stereocenters. The Morgan fingerprint density at radius 2 is 1.45 bits per heavy atom. The van der Waals surface area contributed by atoms with E-state index in [4.69, 9.17) is 0 Å². The number of fused-ring (bicyclic) bond motifs is 1. The molecular formula is C22H23. The lowest BCUT2D eigenvalue weighted by molar-refractivity contribution is 0.226. The van der Waals surface area contributed by atoms with Gasteiger partial charge in [-0.25, -0.2) is 0 Å². The van der Waals surface area contributed by atoms with Crippen LogP contribution in [0.5, 0.6) is 0 Å². The summed E-state index contributed by atoms with van der Waals surface area (Å²) in [6, 6.07) is 22.0. The fraction of sp³-hybridized carbons (Fsp3) is 0.364. The number of hydrogen-bond donors (Lipinski definition) is 0. The van der Waals surface area contributed by atoms with Crippen molar-refractivity contribution < 1.29 is 0 Å². The Kier molecular flexibility index (Phi) is 3.84. The summed E-state index contributed by atoms with van der Waals surface area (Å²) in [4.78, 5) is 0. The zero-order chi connectivity index (χ0) is 14.8. The van der Waals surface area contributed by atoms with E-state index in [9.17, 15) is 0 Å². The SMILES string of the molecule is [C]1=C(c2ccccc2)CC(c2ccccc2)C2CCCCC12. The summed E-state index contributed by atoms with van der Waals surface area (Å²) < 4.78 is 0. The molecule has 4 rings (SSSR count). The van der Waals surface area contributed by atoms with E-state index < -0.39 is 0 Å². The maximum absolute atomic E-state index is 3.89. The molecule has 2 aliphatic rings. The molecule has 3 unspecified atom stereocenters. The molecule has 1 saturated carbocycles. The van der Waals surface area contributed by atoms with Gasteiger partial charge in [0.25, 0.3) is 0 Å². The first-order valence-electron chi connectivity index (χ1n) is 8.64. The van der Waals surface area contributed by atoms with Gasteiger partial charge in [-0.05, 0) is 59.8 Å². The molecule has 2 aromatic rings. The van der Waals surface area contributed by atoms with Crippen LogP contribution >= 0.6 is 0 Å². The number of hydrogen-bond acceptors (Lipinski definition) is 0. The normalized spacial score (nSPS) is 27.8. The van der Waals surface area contributed by atoms with Gasteiger partial charge in [0.15, 0.2) is 0 Å². The van der Waals surface area contributed by atoms with Gasteiger partial charge in [-0.3, -0.25) is 0 Å². The molecule has 0 heteroatoms. The highest BCUT2D eigenvalue weighted by atomic mass is 14.4. The van der Waals surface area contributed by atoms with Gasteiger partial charge in [0.05, 0.1) is 0 Å². The van der Waals surface area contributed by atoms with Crippen molar-refractivity contribution in [3.8, 4) is 0 Å².